The van der Waals surface area contributed by atoms with Gasteiger partial charge in [-0.15, -0.1) is 0 Å². The van der Waals surface area contributed by atoms with Gasteiger partial charge in [-0.1, -0.05) is 29.8 Å². The molecule has 0 radical (unpaired) electrons. The second-order valence-electron chi connectivity index (χ2n) is 4.05. The van der Waals surface area contributed by atoms with Crippen LogP contribution in [-0.4, -0.2) is 5.11 Å². The highest BCUT2D eigenvalue weighted by molar-refractivity contribution is 9.10. The van der Waals surface area contributed by atoms with E-state index in [-0.39, 0.29) is 5.56 Å². The van der Waals surface area contributed by atoms with E-state index in [9.17, 15) is 9.50 Å². The molecule has 0 bridgehead atoms. The second-order valence-corrected chi connectivity index (χ2v) is 5.34. The van der Waals surface area contributed by atoms with E-state index in [2.05, 4.69) is 15.9 Å². The van der Waals surface area contributed by atoms with Gasteiger partial charge in [-0.2, -0.15) is 0 Å². The van der Waals surface area contributed by atoms with Gasteiger partial charge in [0.2, 0.25) is 0 Å². The van der Waals surface area contributed by atoms with Crippen LogP contribution in [0.15, 0.2) is 40.9 Å². The van der Waals surface area contributed by atoms with Gasteiger partial charge in [0, 0.05) is 10.6 Å². The number of aliphatic hydroxyl groups excluding tert-OH is 1. The van der Waals surface area contributed by atoms with E-state index in [1.54, 1.807) is 36.4 Å². The molecule has 0 saturated heterocycles. The van der Waals surface area contributed by atoms with E-state index in [1.807, 2.05) is 6.92 Å². The molecule has 94 valence electrons. The van der Waals surface area contributed by atoms with Crippen LogP contribution in [0.1, 0.15) is 22.8 Å². The summed E-state index contributed by atoms with van der Waals surface area (Å²) in [5.74, 6) is -0.445. The number of aryl methyl sites for hydroxylation is 1. The third kappa shape index (κ3) is 2.58. The van der Waals surface area contributed by atoms with Crippen LogP contribution in [0.4, 0.5) is 4.39 Å². The normalized spacial score (nSPS) is 12.5. The zero-order chi connectivity index (χ0) is 13.3. The summed E-state index contributed by atoms with van der Waals surface area (Å²) in [6.07, 6.45) is -1.00. The van der Waals surface area contributed by atoms with Crippen molar-refractivity contribution in [3.63, 3.8) is 0 Å². The average molecular weight is 330 g/mol. The Bertz CT molecular complexity index is 586. The van der Waals surface area contributed by atoms with Crippen LogP contribution < -0.4 is 0 Å². The topological polar surface area (TPSA) is 20.2 Å². The summed E-state index contributed by atoms with van der Waals surface area (Å²) in [7, 11) is 0. The van der Waals surface area contributed by atoms with Crippen molar-refractivity contribution in [3.8, 4) is 0 Å². The molecular weight excluding hydrogens is 319 g/mol. The van der Waals surface area contributed by atoms with Gasteiger partial charge < -0.3 is 5.11 Å². The van der Waals surface area contributed by atoms with E-state index >= 15 is 0 Å². The lowest BCUT2D eigenvalue weighted by molar-refractivity contribution is 0.214. The molecule has 0 saturated carbocycles. The van der Waals surface area contributed by atoms with Gasteiger partial charge in [-0.3, -0.25) is 0 Å². The number of hydrogen-bond donors (Lipinski definition) is 1. The third-order valence-corrected chi connectivity index (χ3v) is 3.65. The number of halogens is 3. The molecule has 4 heteroatoms. The molecule has 0 spiro atoms. The molecule has 2 aromatic rings. The molecule has 0 amide bonds. The molecule has 0 aliphatic heterocycles. The van der Waals surface area contributed by atoms with Crippen LogP contribution in [0.5, 0.6) is 0 Å². The number of hydrogen-bond acceptors (Lipinski definition) is 1. The SMILES string of the molecule is Cc1cc(Cl)ccc1C(O)c1cccc(Br)c1F. The molecule has 0 aromatic heterocycles. The van der Waals surface area contributed by atoms with Gasteiger partial charge in [0.25, 0.3) is 0 Å². The van der Waals surface area contributed by atoms with Crippen LogP contribution in [0.2, 0.25) is 5.02 Å². The number of benzene rings is 2. The van der Waals surface area contributed by atoms with Crippen LogP contribution in [0, 0.1) is 12.7 Å². The number of aliphatic hydroxyl groups is 1. The Labute approximate surface area is 118 Å². The molecule has 0 fully saturated rings. The Morgan fingerprint density at radius 1 is 1.22 bits per heavy atom. The lowest BCUT2D eigenvalue weighted by Crippen LogP contribution is -2.04. The van der Waals surface area contributed by atoms with Crippen molar-refractivity contribution >= 4 is 27.5 Å². The van der Waals surface area contributed by atoms with Crippen molar-refractivity contribution in [2.24, 2.45) is 0 Å². The monoisotopic (exact) mass is 328 g/mol. The van der Waals surface area contributed by atoms with Crippen molar-refractivity contribution in [2.45, 2.75) is 13.0 Å². The van der Waals surface area contributed by atoms with Crippen molar-refractivity contribution in [2.75, 3.05) is 0 Å². The highest BCUT2D eigenvalue weighted by Gasteiger charge is 2.18. The Hall–Kier alpha value is -0.900. The molecule has 2 aromatic carbocycles. The predicted molar refractivity (Wildman–Crippen MR) is 74.4 cm³/mol. The zero-order valence-electron chi connectivity index (χ0n) is 9.62. The van der Waals surface area contributed by atoms with Gasteiger partial charge >= 0.3 is 0 Å². The molecule has 1 unspecified atom stereocenters. The van der Waals surface area contributed by atoms with Crippen LogP contribution in [0.25, 0.3) is 0 Å². The first-order valence-electron chi connectivity index (χ1n) is 5.38. The maximum atomic E-state index is 13.9. The van der Waals surface area contributed by atoms with Crippen molar-refractivity contribution < 1.29 is 9.50 Å². The maximum absolute atomic E-state index is 13.9. The average Bonchev–Trinajstić information content (AvgIpc) is 2.32. The summed E-state index contributed by atoms with van der Waals surface area (Å²) in [4.78, 5) is 0. The van der Waals surface area contributed by atoms with E-state index < -0.39 is 11.9 Å². The molecule has 1 N–H and O–H groups in total. The quantitative estimate of drug-likeness (QED) is 0.851. The first-order valence-corrected chi connectivity index (χ1v) is 6.56. The van der Waals surface area contributed by atoms with Gasteiger partial charge in [0.05, 0.1) is 4.47 Å². The second kappa shape index (κ2) is 5.39. The summed E-state index contributed by atoms with van der Waals surface area (Å²) in [5, 5.41) is 10.9. The smallest absolute Gasteiger partial charge is 0.143 e. The fourth-order valence-electron chi connectivity index (χ4n) is 1.85. The molecule has 1 atom stereocenters. The summed E-state index contributed by atoms with van der Waals surface area (Å²) in [6.45, 7) is 1.83. The first-order chi connectivity index (χ1) is 8.50. The largest absolute Gasteiger partial charge is 0.384 e. The first kappa shape index (κ1) is 13.5. The highest BCUT2D eigenvalue weighted by Crippen LogP contribution is 2.30. The molecule has 0 aliphatic rings. The molecule has 0 aliphatic carbocycles. The molecule has 0 heterocycles. The fraction of sp³-hybridized carbons (Fsp3) is 0.143. The minimum Gasteiger partial charge on any atom is -0.384 e. The van der Waals surface area contributed by atoms with Crippen molar-refractivity contribution in [3.05, 3.63) is 68.4 Å². The molecule has 18 heavy (non-hydrogen) atoms. The van der Waals surface area contributed by atoms with Crippen LogP contribution in [0.3, 0.4) is 0 Å². The van der Waals surface area contributed by atoms with Gasteiger partial charge in [0.1, 0.15) is 11.9 Å². The van der Waals surface area contributed by atoms with Gasteiger partial charge in [-0.25, -0.2) is 4.39 Å². The van der Waals surface area contributed by atoms with Gasteiger partial charge in [-0.05, 0) is 52.2 Å². The minimum absolute atomic E-state index is 0.245. The van der Waals surface area contributed by atoms with E-state index in [4.69, 9.17) is 11.6 Å². The van der Waals surface area contributed by atoms with Crippen LogP contribution >= 0.6 is 27.5 Å². The Kier molecular flexibility index (Phi) is 4.05. The van der Waals surface area contributed by atoms with E-state index in [0.717, 1.165) is 5.56 Å². The lowest BCUT2D eigenvalue weighted by atomic mass is 9.97. The zero-order valence-corrected chi connectivity index (χ0v) is 12.0. The molecular formula is C14H11BrClFO. The minimum atomic E-state index is -1.00. The number of rotatable bonds is 2. The Morgan fingerprint density at radius 3 is 2.61 bits per heavy atom. The standard InChI is InChI=1S/C14H11BrClFO/c1-8-7-9(16)5-6-10(8)14(18)11-3-2-4-12(15)13(11)17/h2-7,14,18H,1H3. The summed E-state index contributed by atoms with van der Waals surface area (Å²) < 4.78 is 14.3. The Morgan fingerprint density at radius 2 is 1.94 bits per heavy atom. The fourth-order valence-corrected chi connectivity index (χ4v) is 2.45. The highest BCUT2D eigenvalue weighted by atomic mass is 79.9. The van der Waals surface area contributed by atoms with Crippen LogP contribution in [-0.2, 0) is 0 Å². The lowest BCUT2D eigenvalue weighted by Gasteiger charge is -2.15. The molecule has 2 rings (SSSR count). The summed E-state index contributed by atoms with van der Waals surface area (Å²) in [5.41, 5.74) is 1.72. The summed E-state index contributed by atoms with van der Waals surface area (Å²) in [6, 6.07) is 10.00. The van der Waals surface area contributed by atoms with Gasteiger partial charge in [0.15, 0.2) is 0 Å². The predicted octanol–water partition coefficient (Wildman–Crippen LogP) is 4.63. The maximum Gasteiger partial charge on any atom is 0.143 e. The Balaban J connectivity index is 2.48. The van der Waals surface area contributed by atoms with Crippen molar-refractivity contribution in [1.29, 1.82) is 0 Å². The van der Waals surface area contributed by atoms with E-state index in [0.29, 0.717) is 15.1 Å². The third-order valence-electron chi connectivity index (χ3n) is 2.80. The molecule has 1 nitrogen and oxygen atoms in total. The van der Waals surface area contributed by atoms with E-state index in [1.165, 1.54) is 0 Å². The van der Waals surface area contributed by atoms with Crippen molar-refractivity contribution in [1.82, 2.24) is 0 Å². The summed E-state index contributed by atoms with van der Waals surface area (Å²) >= 11 is 8.97.